The molecule has 25 heavy (non-hydrogen) atoms. The molecule has 5 heteroatoms. The van der Waals surface area contributed by atoms with E-state index in [4.69, 9.17) is 0 Å². The molecule has 122 valence electrons. The third-order valence-electron chi connectivity index (χ3n) is 4.05. The number of fused-ring (bicyclic) bond motifs is 1. The molecular formula is C20H14FN3O. The molecule has 4 aromatic rings. The summed E-state index contributed by atoms with van der Waals surface area (Å²) in [6, 6.07) is 19.2. The van der Waals surface area contributed by atoms with Gasteiger partial charge in [0.05, 0.1) is 11.9 Å². The molecular weight excluding hydrogens is 317 g/mol. The van der Waals surface area contributed by atoms with E-state index in [2.05, 4.69) is 9.97 Å². The van der Waals surface area contributed by atoms with E-state index in [1.54, 1.807) is 36.5 Å². The Morgan fingerprint density at radius 1 is 0.920 bits per heavy atom. The average Bonchev–Trinajstić information content (AvgIpc) is 2.66. The van der Waals surface area contributed by atoms with Gasteiger partial charge in [0.15, 0.2) is 5.65 Å². The normalized spacial score (nSPS) is 10.9. The quantitative estimate of drug-likeness (QED) is 0.576. The fourth-order valence-electron chi connectivity index (χ4n) is 2.81. The third kappa shape index (κ3) is 2.80. The molecule has 0 radical (unpaired) electrons. The zero-order chi connectivity index (χ0) is 17.2. The van der Waals surface area contributed by atoms with Crippen LogP contribution in [0.5, 0.6) is 0 Å². The van der Waals surface area contributed by atoms with Crippen molar-refractivity contribution in [3.05, 3.63) is 94.7 Å². The van der Waals surface area contributed by atoms with Gasteiger partial charge in [0.2, 0.25) is 0 Å². The van der Waals surface area contributed by atoms with Crippen LogP contribution >= 0.6 is 0 Å². The molecule has 0 amide bonds. The summed E-state index contributed by atoms with van der Waals surface area (Å²) in [6.45, 7) is 0.105. The van der Waals surface area contributed by atoms with Crippen LogP contribution in [-0.2, 0) is 6.54 Å². The van der Waals surface area contributed by atoms with Gasteiger partial charge in [0.1, 0.15) is 11.6 Å². The van der Waals surface area contributed by atoms with Gasteiger partial charge in [-0.25, -0.2) is 14.4 Å². The predicted octanol–water partition coefficient (Wildman–Crippen LogP) is 3.65. The lowest BCUT2D eigenvalue weighted by molar-refractivity contribution is 0.596. The summed E-state index contributed by atoms with van der Waals surface area (Å²) >= 11 is 0. The lowest BCUT2D eigenvalue weighted by atomic mass is 10.1. The van der Waals surface area contributed by atoms with Crippen molar-refractivity contribution >= 4 is 11.0 Å². The Morgan fingerprint density at radius 2 is 1.68 bits per heavy atom. The van der Waals surface area contributed by atoms with Gasteiger partial charge in [-0.3, -0.25) is 9.36 Å². The first-order chi connectivity index (χ1) is 12.2. The van der Waals surface area contributed by atoms with Gasteiger partial charge in [0, 0.05) is 17.3 Å². The Kier molecular flexibility index (Phi) is 3.82. The molecule has 4 nitrogen and oxygen atoms in total. The second-order valence-corrected chi connectivity index (χ2v) is 5.66. The molecule has 0 bridgehead atoms. The molecule has 0 fully saturated rings. The average molecular weight is 331 g/mol. The molecule has 0 aliphatic heterocycles. The number of pyridine rings is 1. The summed E-state index contributed by atoms with van der Waals surface area (Å²) in [5.74, 6) is 0.125. The zero-order valence-electron chi connectivity index (χ0n) is 13.3. The predicted molar refractivity (Wildman–Crippen MR) is 94.7 cm³/mol. The Hall–Kier alpha value is -3.34. The maximum atomic E-state index is 14.1. The SMILES string of the molecule is O=c1c2cccnc2nc(-c2ccccc2)n1Cc1ccccc1F. The van der Waals surface area contributed by atoms with Gasteiger partial charge in [-0.15, -0.1) is 0 Å². The van der Waals surface area contributed by atoms with Crippen LogP contribution in [0.15, 0.2) is 77.7 Å². The van der Waals surface area contributed by atoms with Crippen molar-refractivity contribution in [2.24, 2.45) is 0 Å². The van der Waals surface area contributed by atoms with E-state index in [-0.39, 0.29) is 17.9 Å². The first kappa shape index (κ1) is 15.2. The second-order valence-electron chi connectivity index (χ2n) is 5.66. The number of halogens is 1. The lowest BCUT2D eigenvalue weighted by Gasteiger charge is -2.14. The fraction of sp³-hybridized carbons (Fsp3) is 0.0500. The molecule has 2 heterocycles. The van der Waals surface area contributed by atoms with Crippen LogP contribution in [0.4, 0.5) is 4.39 Å². The van der Waals surface area contributed by atoms with E-state index < -0.39 is 0 Å². The zero-order valence-corrected chi connectivity index (χ0v) is 13.3. The van der Waals surface area contributed by atoms with Gasteiger partial charge in [0.25, 0.3) is 5.56 Å². The lowest BCUT2D eigenvalue weighted by Crippen LogP contribution is -2.24. The molecule has 0 aliphatic carbocycles. The van der Waals surface area contributed by atoms with Crippen molar-refractivity contribution in [3.8, 4) is 11.4 Å². The summed E-state index contributed by atoms with van der Waals surface area (Å²) in [5, 5.41) is 0.415. The van der Waals surface area contributed by atoms with Gasteiger partial charge >= 0.3 is 0 Å². The minimum atomic E-state index is -0.348. The molecule has 0 spiro atoms. The first-order valence-corrected chi connectivity index (χ1v) is 7.88. The summed E-state index contributed by atoms with van der Waals surface area (Å²) in [5.41, 5.74) is 1.37. The van der Waals surface area contributed by atoms with E-state index in [9.17, 15) is 9.18 Å². The van der Waals surface area contributed by atoms with Crippen molar-refractivity contribution in [1.82, 2.24) is 14.5 Å². The van der Waals surface area contributed by atoms with E-state index >= 15 is 0 Å². The highest BCUT2D eigenvalue weighted by molar-refractivity contribution is 5.75. The van der Waals surface area contributed by atoms with E-state index in [0.29, 0.717) is 22.4 Å². The summed E-state index contributed by atoms with van der Waals surface area (Å²) < 4.78 is 15.6. The fourth-order valence-corrected chi connectivity index (χ4v) is 2.81. The largest absolute Gasteiger partial charge is 0.287 e. The maximum Gasteiger partial charge on any atom is 0.263 e. The van der Waals surface area contributed by atoms with Crippen LogP contribution in [0.25, 0.3) is 22.4 Å². The summed E-state index contributed by atoms with van der Waals surface area (Å²) in [4.78, 5) is 21.8. The summed E-state index contributed by atoms with van der Waals surface area (Å²) in [7, 11) is 0. The van der Waals surface area contributed by atoms with Crippen LogP contribution in [0.1, 0.15) is 5.56 Å². The molecule has 2 aromatic carbocycles. The Morgan fingerprint density at radius 3 is 2.48 bits per heavy atom. The minimum absolute atomic E-state index is 0.105. The number of hydrogen-bond acceptors (Lipinski definition) is 3. The molecule has 2 aromatic heterocycles. The van der Waals surface area contributed by atoms with Gasteiger partial charge in [-0.05, 0) is 18.2 Å². The highest BCUT2D eigenvalue weighted by Gasteiger charge is 2.14. The van der Waals surface area contributed by atoms with Gasteiger partial charge in [-0.2, -0.15) is 0 Å². The van der Waals surface area contributed by atoms with Crippen molar-refractivity contribution < 1.29 is 4.39 Å². The summed E-state index contributed by atoms with van der Waals surface area (Å²) in [6.07, 6.45) is 1.60. The van der Waals surface area contributed by atoms with Crippen LogP contribution < -0.4 is 5.56 Å². The van der Waals surface area contributed by atoms with Crippen molar-refractivity contribution in [2.75, 3.05) is 0 Å². The van der Waals surface area contributed by atoms with E-state index in [0.717, 1.165) is 5.56 Å². The first-order valence-electron chi connectivity index (χ1n) is 7.88. The highest BCUT2D eigenvalue weighted by Crippen LogP contribution is 2.19. The van der Waals surface area contributed by atoms with Gasteiger partial charge in [-0.1, -0.05) is 48.5 Å². The number of benzene rings is 2. The van der Waals surface area contributed by atoms with E-state index in [1.807, 2.05) is 30.3 Å². The molecule has 0 aliphatic rings. The van der Waals surface area contributed by atoms with Crippen molar-refractivity contribution in [1.29, 1.82) is 0 Å². The minimum Gasteiger partial charge on any atom is -0.287 e. The number of rotatable bonds is 3. The Labute approximate surface area is 143 Å². The number of aromatic nitrogens is 3. The highest BCUT2D eigenvalue weighted by atomic mass is 19.1. The van der Waals surface area contributed by atoms with Crippen LogP contribution in [0.3, 0.4) is 0 Å². The maximum absolute atomic E-state index is 14.1. The molecule has 4 rings (SSSR count). The van der Waals surface area contributed by atoms with Crippen LogP contribution in [-0.4, -0.2) is 14.5 Å². The van der Waals surface area contributed by atoms with Crippen LogP contribution in [0, 0.1) is 5.82 Å². The topological polar surface area (TPSA) is 47.8 Å². The number of nitrogens with zero attached hydrogens (tertiary/aromatic N) is 3. The molecule has 0 saturated heterocycles. The Balaban J connectivity index is 1.99. The van der Waals surface area contributed by atoms with E-state index in [1.165, 1.54) is 10.6 Å². The Bertz CT molecular complexity index is 1110. The molecule has 0 atom stereocenters. The third-order valence-corrected chi connectivity index (χ3v) is 4.05. The number of hydrogen-bond donors (Lipinski definition) is 0. The molecule has 0 unspecified atom stereocenters. The molecule has 0 N–H and O–H groups in total. The van der Waals surface area contributed by atoms with Crippen molar-refractivity contribution in [2.45, 2.75) is 6.54 Å². The van der Waals surface area contributed by atoms with Crippen LogP contribution in [0.2, 0.25) is 0 Å². The van der Waals surface area contributed by atoms with Crippen molar-refractivity contribution in [3.63, 3.8) is 0 Å². The second kappa shape index (κ2) is 6.28. The standard InChI is InChI=1S/C20H14FN3O/c21-17-11-5-4-9-15(17)13-24-19(14-7-2-1-3-8-14)23-18-16(20(24)25)10-6-12-22-18/h1-12H,13H2. The molecule has 0 saturated carbocycles. The van der Waals surface area contributed by atoms with Gasteiger partial charge < -0.3 is 0 Å². The smallest absolute Gasteiger partial charge is 0.263 e. The monoisotopic (exact) mass is 331 g/mol.